The summed E-state index contributed by atoms with van der Waals surface area (Å²) in [6.07, 6.45) is 6.92. The van der Waals surface area contributed by atoms with Crippen molar-refractivity contribution in [3.05, 3.63) is 36.0 Å². The summed E-state index contributed by atoms with van der Waals surface area (Å²) in [6, 6.07) is 10.6. The summed E-state index contributed by atoms with van der Waals surface area (Å²) in [6.45, 7) is 8.16. The van der Waals surface area contributed by atoms with Crippen molar-refractivity contribution in [3.8, 4) is 6.07 Å². The van der Waals surface area contributed by atoms with Gasteiger partial charge in [-0.25, -0.2) is 0 Å². The van der Waals surface area contributed by atoms with E-state index in [0.717, 1.165) is 35.6 Å². The first-order valence-electron chi connectivity index (χ1n) is 9.99. The van der Waals surface area contributed by atoms with E-state index in [0.29, 0.717) is 11.5 Å². The summed E-state index contributed by atoms with van der Waals surface area (Å²) in [7, 11) is 0. The molecule has 2 fully saturated rings. The fraction of sp³-hybridized carbons (Fsp3) is 0.545. The predicted molar refractivity (Wildman–Crippen MR) is 106 cm³/mol. The van der Waals surface area contributed by atoms with Gasteiger partial charge in [-0.2, -0.15) is 5.26 Å². The van der Waals surface area contributed by atoms with Gasteiger partial charge in [-0.1, -0.05) is 25.1 Å². The Bertz CT molecular complexity index is 801. The van der Waals surface area contributed by atoms with Crippen LogP contribution in [0.4, 0.5) is 5.69 Å². The quantitative estimate of drug-likeness (QED) is 0.839. The number of aromatic nitrogens is 1. The molecule has 3 heterocycles. The highest BCUT2D eigenvalue weighted by molar-refractivity contribution is 5.94. The second kappa shape index (κ2) is 7.63. The van der Waals surface area contributed by atoms with Crippen molar-refractivity contribution in [1.82, 2.24) is 9.88 Å². The Hall–Kier alpha value is -2.12. The van der Waals surface area contributed by atoms with E-state index < -0.39 is 0 Å². The van der Waals surface area contributed by atoms with Crippen LogP contribution in [0.25, 0.3) is 10.9 Å². The zero-order valence-electron chi connectivity index (χ0n) is 15.7. The molecule has 0 aliphatic carbocycles. The molecule has 26 heavy (non-hydrogen) atoms. The Morgan fingerprint density at radius 1 is 1.15 bits per heavy atom. The fourth-order valence-electron chi connectivity index (χ4n) is 4.58. The van der Waals surface area contributed by atoms with Gasteiger partial charge in [0, 0.05) is 31.2 Å². The average molecular weight is 348 g/mol. The third-order valence-corrected chi connectivity index (χ3v) is 6.10. The van der Waals surface area contributed by atoms with E-state index in [1.54, 1.807) is 6.20 Å². The van der Waals surface area contributed by atoms with E-state index >= 15 is 0 Å². The Labute approximate surface area is 156 Å². The molecule has 1 aromatic carbocycles. The molecule has 0 N–H and O–H groups in total. The summed E-state index contributed by atoms with van der Waals surface area (Å²) < 4.78 is 0. The molecule has 1 unspecified atom stereocenters. The van der Waals surface area contributed by atoms with Gasteiger partial charge in [-0.15, -0.1) is 0 Å². The Morgan fingerprint density at radius 2 is 1.96 bits per heavy atom. The first-order chi connectivity index (χ1) is 12.7. The SMILES string of the molecule is CC1CCN(CC2CCCN(c3c(C#N)cnc4ccccc34)C2)CC1. The number of benzene rings is 1. The summed E-state index contributed by atoms with van der Waals surface area (Å²) in [5.41, 5.74) is 2.78. The maximum atomic E-state index is 9.64. The third kappa shape index (κ3) is 3.54. The number of anilines is 1. The van der Waals surface area contributed by atoms with E-state index in [-0.39, 0.29) is 0 Å². The molecule has 2 aliphatic rings. The zero-order valence-corrected chi connectivity index (χ0v) is 15.7. The van der Waals surface area contributed by atoms with Gasteiger partial charge >= 0.3 is 0 Å². The highest BCUT2D eigenvalue weighted by Gasteiger charge is 2.26. The number of likely N-dealkylation sites (tertiary alicyclic amines) is 1. The van der Waals surface area contributed by atoms with Crippen molar-refractivity contribution in [1.29, 1.82) is 5.26 Å². The summed E-state index contributed by atoms with van der Waals surface area (Å²) in [5, 5.41) is 10.7. The lowest BCUT2D eigenvalue weighted by Gasteiger charge is -2.39. The van der Waals surface area contributed by atoms with E-state index in [1.807, 2.05) is 18.2 Å². The molecule has 0 bridgehead atoms. The molecule has 136 valence electrons. The third-order valence-electron chi connectivity index (χ3n) is 6.10. The second-order valence-corrected chi connectivity index (χ2v) is 8.09. The van der Waals surface area contributed by atoms with Crippen molar-refractivity contribution < 1.29 is 0 Å². The number of hydrogen-bond donors (Lipinski definition) is 0. The van der Waals surface area contributed by atoms with Crippen LogP contribution in [0.15, 0.2) is 30.5 Å². The first kappa shape index (κ1) is 17.3. The van der Waals surface area contributed by atoms with Crippen LogP contribution in [-0.4, -0.2) is 42.6 Å². The topological polar surface area (TPSA) is 43.2 Å². The molecule has 0 radical (unpaired) electrons. The molecule has 0 saturated carbocycles. The number of hydrogen-bond acceptors (Lipinski definition) is 4. The lowest BCUT2D eigenvalue weighted by molar-refractivity contribution is 0.159. The molecule has 4 rings (SSSR count). The van der Waals surface area contributed by atoms with Gasteiger partial charge in [-0.3, -0.25) is 4.98 Å². The largest absolute Gasteiger partial charge is 0.370 e. The summed E-state index contributed by atoms with van der Waals surface area (Å²) in [4.78, 5) is 9.57. The molecule has 1 aromatic heterocycles. The van der Waals surface area contributed by atoms with Crippen molar-refractivity contribution in [3.63, 3.8) is 0 Å². The molecule has 0 spiro atoms. The number of nitrogens with zero attached hydrogens (tertiary/aromatic N) is 4. The Morgan fingerprint density at radius 3 is 2.77 bits per heavy atom. The summed E-state index contributed by atoms with van der Waals surface area (Å²) >= 11 is 0. The monoisotopic (exact) mass is 348 g/mol. The smallest absolute Gasteiger partial charge is 0.103 e. The van der Waals surface area contributed by atoms with Crippen LogP contribution in [-0.2, 0) is 0 Å². The highest BCUT2D eigenvalue weighted by Crippen LogP contribution is 2.33. The van der Waals surface area contributed by atoms with Crippen LogP contribution in [0.5, 0.6) is 0 Å². The number of nitriles is 1. The lowest BCUT2D eigenvalue weighted by atomic mass is 9.93. The Kier molecular flexibility index (Phi) is 5.08. The van der Waals surface area contributed by atoms with Gasteiger partial charge in [0.1, 0.15) is 6.07 Å². The Balaban J connectivity index is 1.55. The zero-order chi connectivity index (χ0) is 17.9. The maximum absolute atomic E-state index is 9.64. The minimum Gasteiger partial charge on any atom is -0.370 e. The van der Waals surface area contributed by atoms with Gasteiger partial charge in [0.2, 0.25) is 0 Å². The van der Waals surface area contributed by atoms with Gasteiger partial charge < -0.3 is 9.80 Å². The fourth-order valence-corrected chi connectivity index (χ4v) is 4.58. The van der Waals surface area contributed by atoms with Crippen molar-refractivity contribution in [2.45, 2.75) is 32.6 Å². The molecule has 2 aromatic rings. The molecule has 0 amide bonds. The number of pyridine rings is 1. The average Bonchev–Trinajstić information content (AvgIpc) is 2.69. The molecule has 4 heteroatoms. The van der Waals surface area contributed by atoms with Gasteiger partial charge in [0.25, 0.3) is 0 Å². The number of fused-ring (bicyclic) bond motifs is 1. The number of piperidine rings is 2. The van der Waals surface area contributed by atoms with Gasteiger partial charge in [0.05, 0.1) is 16.8 Å². The molecule has 4 nitrogen and oxygen atoms in total. The minimum absolute atomic E-state index is 0.690. The molecule has 2 aliphatic heterocycles. The van der Waals surface area contributed by atoms with Crippen LogP contribution >= 0.6 is 0 Å². The first-order valence-corrected chi connectivity index (χ1v) is 9.99. The molecular weight excluding hydrogens is 320 g/mol. The number of para-hydroxylation sites is 1. The van der Waals surface area contributed by atoms with Gasteiger partial charge in [-0.05, 0) is 56.7 Å². The van der Waals surface area contributed by atoms with Gasteiger partial charge in [0.15, 0.2) is 0 Å². The van der Waals surface area contributed by atoms with Crippen LogP contribution in [0.2, 0.25) is 0 Å². The van der Waals surface area contributed by atoms with E-state index in [9.17, 15) is 5.26 Å². The summed E-state index contributed by atoms with van der Waals surface area (Å²) in [5.74, 6) is 1.58. The normalized spacial score (nSPS) is 22.5. The van der Waals surface area contributed by atoms with Crippen molar-refractivity contribution in [2.24, 2.45) is 11.8 Å². The van der Waals surface area contributed by atoms with Crippen molar-refractivity contribution in [2.75, 3.05) is 37.6 Å². The number of rotatable bonds is 3. The minimum atomic E-state index is 0.690. The highest BCUT2D eigenvalue weighted by atomic mass is 15.2. The molecular formula is C22H28N4. The lowest BCUT2D eigenvalue weighted by Crippen LogP contribution is -2.43. The molecule has 2 saturated heterocycles. The van der Waals surface area contributed by atoms with E-state index in [4.69, 9.17) is 0 Å². The molecule has 1 atom stereocenters. The van der Waals surface area contributed by atoms with E-state index in [2.05, 4.69) is 33.8 Å². The second-order valence-electron chi connectivity index (χ2n) is 8.09. The van der Waals surface area contributed by atoms with E-state index in [1.165, 1.54) is 45.3 Å². The standard InChI is InChI=1S/C22H28N4/c1-17-8-11-25(12-9-17)15-18-5-4-10-26(16-18)22-19(13-23)14-24-21-7-3-2-6-20(21)22/h2-3,6-7,14,17-18H,4-5,8-12,15-16H2,1H3. The van der Waals surface area contributed by atoms with Crippen LogP contribution in [0.1, 0.15) is 38.2 Å². The van der Waals surface area contributed by atoms with Crippen LogP contribution < -0.4 is 4.90 Å². The van der Waals surface area contributed by atoms with Crippen LogP contribution in [0, 0.1) is 23.2 Å². The maximum Gasteiger partial charge on any atom is 0.103 e. The predicted octanol–water partition coefficient (Wildman–Crippen LogP) is 4.05. The van der Waals surface area contributed by atoms with Crippen LogP contribution in [0.3, 0.4) is 0 Å². The van der Waals surface area contributed by atoms with Crippen molar-refractivity contribution >= 4 is 16.6 Å².